The average Bonchev–Trinajstić information content (AvgIpc) is 2.75. The summed E-state index contributed by atoms with van der Waals surface area (Å²) in [4.78, 5) is 16.0. The van der Waals surface area contributed by atoms with Crippen LogP contribution in [0.5, 0.6) is 0 Å². The molecule has 0 radical (unpaired) electrons. The molecule has 0 unspecified atom stereocenters. The second-order valence-electron chi connectivity index (χ2n) is 5.15. The van der Waals surface area contributed by atoms with Gasteiger partial charge in [0.25, 0.3) is 0 Å². The molecule has 0 saturated heterocycles. The topological polar surface area (TPSA) is 51.2 Å². The van der Waals surface area contributed by atoms with Crippen LogP contribution in [0.1, 0.15) is 50.5 Å². The number of hydrogen-bond acceptors (Lipinski definition) is 4. The van der Waals surface area contributed by atoms with Crippen LogP contribution >= 0.6 is 27.3 Å². The summed E-state index contributed by atoms with van der Waals surface area (Å²) in [5.41, 5.74) is 0. The van der Waals surface area contributed by atoms with E-state index in [0.29, 0.717) is 5.92 Å². The summed E-state index contributed by atoms with van der Waals surface area (Å²) < 4.78 is 6.19. The van der Waals surface area contributed by atoms with Gasteiger partial charge in [-0.25, -0.2) is 9.78 Å². The number of carbonyl (C=O) groups excluding carboxylic acids is 1. The highest BCUT2D eigenvalue weighted by Gasteiger charge is 2.25. The van der Waals surface area contributed by atoms with E-state index in [2.05, 4.69) is 26.2 Å². The van der Waals surface area contributed by atoms with Gasteiger partial charge >= 0.3 is 6.09 Å². The van der Waals surface area contributed by atoms with Gasteiger partial charge in [-0.05, 0) is 55.5 Å². The number of carbonyl (C=O) groups is 1. The molecule has 19 heavy (non-hydrogen) atoms. The van der Waals surface area contributed by atoms with Crippen LogP contribution in [0.25, 0.3) is 0 Å². The smallest absolute Gasteiger partial charge is 0.407 e. The molecule has 0 spiro atoms. The molecular formula is C13H19BrN2O2S. The van der Waals surface area contributed by atoms with E-state index < -0.39 is 0 Å². The first-order chi connectivity index (χ1) is 9.04. The van der Waals surface area contributed by atoms with Crippen LogP contribution in [0.2, 0.25) is 0 Å². The van der Waals surface area contributed by atoms with Gasteiger partial charge in [-0.15, -0.1) is 11.3 Å². The highest BCUT2D eigenvalue weighted by molar-refractivity contribution is 9.11. The Balaban J connectivity index is 1.78. The van der Waals surface area contributed by atoms with Gasteiger partial charge in [-0.2, -0.15) is 0 Å². The SMILES string of the molecule is CC(C)OC(=O)NC1CCC(c2ncc(Br)s2)CC1. The van der Waals surface area contributed by atoms with Crippen molar-refractivity contribution in [1.29, 1.82) is 0 Å². The van der Waals surface area contributed by atoms with Gasteiger partial charge in [-0.3, -0.25) is 0 Å². The largest absolute Gasteiger partial charge is 0.447 e. The third-order valence-corrected chi connectivity index (χ3v) is 4.88. The maximum absolute atomic E-state index is 11.5. The van der Waals surface area contributed by atoms with E-state index in [1.165, 1.54) is 5.01 Å². The number of rotatable bonds is 3. The Morgan fingerprint density at radius 2 is 2.16 bits per heavy atom. The predicted octanol–water partition coefficient (Wildman–Crippen LogP) is 4.07. The molecule has 0 bridgehead atoms. The number of hydrogen-bond donors (Lipinski definition) is 1. The lowest BCUT2D eigenvalue weighted by Crippen LogP contribution is -2.38. The number of aromatic nitrogens is 1. The van der Waals surface area contributed by atoms with E-state index in [1.807, 2.05) is 20.0 Å². The first-order valence-corrected chi connectivity index (χ1v) is 8.24. The highest BCUT2D eigenvalue weighted by Crippen LogP contribution is 2.36. The molecule has 2 rings (SSSR count). The maximum atomic E-state index is 11.5. The Labute approximate surface area is 126 Å². The van der Waals surface area contributed by atoms with Crippen LogP contribution in [0.15, 0.2) is 9.98 Å². The molecule has 1 aliphatic carbocycles. The minimum atomic E-state index is -0.296. The molecule has 6 heteroatoms. The number of nitrogens with one attached hydrogen (secondary N) is 1. The summed E-state index contributed by atoms with van der Waals surface area (Å²) in [5, 5.41) is 4.14. The lowest BCUT2D eigenvalue weighted by Gasteiger charge is -2.27. The quantitative estimate of drug-likeness (QED) is 0.897. The third-order valence-electron chi connectivity index (χ3n) is 3.24. The van der Waals surface area contributed by atoms with E-state index in [-0.39, 0.29) is 18.2 Å². The molecule has 1 heterocycles. The van der Waals surface area contributed by atoms with Gasteiger partial charge < -0.3 is 10.1 Å². The van der Waals surface area contributed by atoms with Crippen LogP contribution in [0.3, 0.4) is 0 Å². The monoisotopic (exact) mass is 346 g/mol. The molecule has 1 aromatic heterocycles. The fourth-order valence-electron chi connectivity index (χ4n) is 2.36. The van der Waals surface area contributed by atoms with Crippen molar-refractivity contribution in [2.45, 2.75) is 57.6 Å². The molecule has 0 atom stereocenters. The van der Waals surface area contributed by atoms with Crippen molar-refractivity contribution in [2.75, 3.05) is 0 Å². The van der Waals surface area contributed by atoms with Crippen molar-refractivity contribution in [3.63, 3.8) is 0 Å². The average molecular weight is 347 g/mol. The normalized spacial score (nSPS) is 23.4. The zero-order chi connectivity index (χ0) is 13.8. The van der Waals surface area contributed by atoms with Gasteiger partial charge in [0, 0.05) is 12.0 Å². The van der Waals surface area contributed by atoms with Gasteiger partial charge in [0.2, 0.25) is 0 Å². The van der Waals surface area contributed by atoms with E-state index in [9.17, 15) is 4.79 Å². The molecule has 1 aliphatic rings. The summed E-state index contributed by atoms with van der Waals surface area (Å²) in [6, 6.07) is 0.242. The zero-order valence-electron chi connectivity index (χ0n) is 11.2. The van der Waals surface area contributed by atoms with Crippen LogP contribution in [0.4, 0.5) is 4.79 Å². The third kappa shape index (κ3) is 4.45. The second-order valence-corrected chi connectivity index (χ2v) is 7.59. The number of halogens is 1. The summed E-state index contributed by atoms with van der Waals surface area (Å²) in [5.74, 6) is 0.537. The van der Waals surface area contributed by atoms with Gasteiger partial charge in [-0.1, -0.05) is 0 Å². The van der Waals surface area contributed by atoms with Crippen molar-refractivity contribution >= 4 is 33.4 Å². The highest BCUT2D eigenvalue weighted by atomic mass is 79.9. The summed E-state index contributed by atoms with van der Waals surface area (Å²) >= 11 is 5.16. The van der Waals surface area contributed by atoms with E-state index in [1.54, 1.807) is 11.3 Å². The molecule has 1 N–H and O–H groups in total. The van der Waals surface area contributed by atoms with Crippen molar-refractivity contribution in [2.24, 2.45) is 0 Å². The molecule has 0 aromatic carbocycles. The fourth-order valence-corrected chi connectivity index (χ4v) is 3.77. The Bertz CT molecular complexity index is 428. The maximum Gasteiger partial charge on any atom is 0.407 e. The van der Waals surface area contributed by atoms with Crippen molar-refractivity contribution in [3.8, 4) is 0 Å². The lowest BCUT2D eigenvalue weighted by molar-refractivity contribution is 0.109. The Morgan fingerprint density at radius 3 is 2.68 bits per heavy atom. The Kier molecular flexibility index (Phi) is 5.21. The second kappa shape index (κ2) is 6.70. The lowest BCUT2D eigenvalue weighted by atomic mass is 9.86. The van der Waals surface area contributed by atoms with Crippen molar-refractivity contribution in [1.82, 2.24) is 10.3 Å². The molecular weight excluding hydrogens is 328 g/mol. The van der Waals surface area contributed by atoms with Gasteiger partial charge in [0.1, 0.15) is 0 Å². The molecule has 106 valence electrons. The molecule has 1 fully saturated rings. The van der Waals surface area contributed by atoms with Crippen LogP contribution in [0, 0.1) is 0 Å². The summed E-state index contributed by atoms with van der Waals surface area (Å²) in [7, 11) is 0. The van der Waals surface area contributed by atoms with Crippen LogP contribution in [-0.4, -0.2) is 23.2 Å². The first-order valence-electron chi connectivity index (χ1n) is 6.63. The zero-order valence-corrected chi connectivity index (χ0v) is 13.6. The van der Waals surface area contributed by atoms with E-state index >= 15 is 0 Å². The predicted molar refractivity (Wildman–Crippen MR) is 79.6 cm³/mol. The number of ether oxygens (including phenoxy) is 1. The van der Waals surface area contributed by atoms with Crippen molar-refractivity contribution in [3.05, 3.63) is 15.0 Å². The van der Waals surface area contributed by atoms with Gasteiger partial charge in [0.05, 0.1) is 21.1 Å². The minimum Gasteiger partial charge on any atom is -0.447 e. The standard InChI is InChI=1S/C13H19BrN2O2S/c1-8(2)18-13(17)16-10-5-3-9(4-6-10)12-15-7-11(14)19-12/h7-10H,3-6H2,1-2H3,(H,16,17). The van der Waals surface area contributed by atoms with E-state index in [0.717, 1.165) is 29.5 Å². The van der Waals surface area contributed by atoms with Crippen LogP contribution < -0.4 is 5.32 Å². The van der Waals surface area contributed by atoms with E-state index in [4.69, 9.17) is 4.74 Å². The fraction of sp³-hybridized carbons (Fsp3) is 0.692. The Hall–Kier alpha value is -0.620. The molecule has 4 nitrogen and oxygen atoms in total. The minimum absolute atomic E-state index is 0.0657. The molecule has 0 aliphatic heterocycles. The number of amides is 1. The molecule has 1 saturated carbocycles. The number of nitrogens with zero attached hydrogens (tertiary/aromatic N) is 1. The van der Waals surface area contributed by atoms with Crippen LogP contribution in [-0.2, 0) is 4.74 Å². The molecule has 1 amide bonds. The number of alkyl carbamates (subject to hydrolysis) is 1. The molecule has 1 aromatic rings. The summed E-state index contributed by atoms with van der Waals surface area (Å²) in [6.45, 7) is 3.72. The number of thiazole rings is 1. The summed E-state index contributed by atoms with van der Waals surface area (Å²) in [6.07, 6.45) is 5.65. The Morgan fingerprint density at radius 1 is 1.47 bits per heavy atom. The van der Waals surface area contributed by atoms with Crippen molar-refractivity contribution < 1.29 is 9.53 Å². The van der Waals surface area contributed by atoms with Gasteiger partial charge in [0.15, 0.2) is 0 Å². The first kappa shape index (κ1) is 14.8.